The van der Waals surface area contributed by atoms with Gasteiger partial charge in [-0.15, -0.1) is 24.0 Å². The number of nitrogens with one attached hydrogen (secondary N) is 1. The third-order valence-electron chi connectivity index (χ3n) is 4.93. The summed E-state index contributed by atoms with van der Waals surface area (Å²) in [6.45, 7) is 5.73. The lowest BCUT2D eigenvalue weighted by molar-refractivity contribution is 0.460. The molecule has 2 aromatic rings. The van der Waals surface area contributed by atoms with Crippen molar-refractivity contribution in [1.29, 1.82) is 0 Å². The van der Waals surface area contributed by atoms with Gasteiger partial charge in [-0.05, 0) is 43.4 Å². The summed E-state index contributed by atoms with van der Waals surface area (Å²) in [4.78, 5) is 13.9. The topological polar surface area (TPSA) is 43.8 Å². The fourth-order valence-corrected chi connectivity index (χ4v) is 3.52. The molecule has 1 fully saturated rings. The predicted octanol–water partition coefficient (Wildman–Crippen LogP) is 3.80. The molecule has 1 aliphatic rings. The number of nitrogens with zero attached hydrogens (tertiary/aromatic N) is 4. The van der Waals surface area contributed by atoms with Crippen LogP contribution in [0.25, 0.3) is 0 Å². The number of anilines is 1. The summed E-state index contributed by atoms with van der Waals surface area (Å²) in [7, 11) is 4.02. The molecule has 0 amide bonds. The highest BCUT2D eigenvalue weighted by Crippen LogP contribution is 2.21. The van der Waals surface area contributed by atoms with Crippen molar-refractivity contribution < 1.29 is 0 Å². The summed E-state index contributed by atoms with van der Waals surface area (Å²) in [6.07, 6.45) is 2.36. The normalized spacial score (nSPS) is 16.6. The average molecular weight is 493 g/mol. The third-order valence-corrected chi connectivity index (χ3v) is 4.93. The van der Waals surface area contributed by atoms with Crippen molar-refractivity contribution in [3.63, 3.8) is 0 Å². The van der Waals surface area contributed by atoms with E-state index in [-0.39, 0.29) is 24.0 Å². The number of hydrogen-bond donors (Lipinski definition) is 1. The van der Waals surface area contributed by atoms with Gasteiger partial charge in [-0.25, -0.2) is 9.98 Å². The first-order valence-corrected chi connectivity index (χ1v) is 9.86. The predicted molar refractivity (Wildman–Crippen MR) is 129 cm³/mol. The Labute approximate surface area is 186 Å². The van der Waals surface area contributed by atoms with E-state index in [0.29, 0.717) is 12.5 Å². The van der Waals surface area contributed by atoms with Crippen LogP contribution in [0, 0.1) is 5.92 Å². The minimum absolute atomic E-state index is 0. The van der Waals surface area contributed by atoms with Crippen LogP contribution >= 0.6 is 24.0 Å². The molecule has 152 valence electrons. The zero-order chi connectivity index (χ0) is 19.1. The minimum Gasteiger partial charge on any atom is -0.363 e. The lowest BCUT2D eigenvalue weighted by Gasteiger charge is -2.22. The largest absolute Gasteiger partial charge is 0.363 e. The number of rotatable bonds is 6. The second-order valence-electron chi connectivity index (χ2n) is 7.34. The molecule has 6 heteroatoms. The van der Waals surface area contributed by atoms with Gasteiger partial charge in [0.2, 0.25) is 0 Å². The van der Waals surface area contributed by atoms with Crippen molar-refractivity contribution in [2.24, 2.45) is 10.9 Å². The lowest BCUT2D eigenvalue weighted by atomic mass is 9.99. The zero-order valence-corrected chi connectivity index (χ0v) is 19.5. The Balaban J connectivity index is 0.00000280. The van der Waals surface area contributed by atoms with Crippen molar-refractivity contribution in [1.82, 2.24) is 15.2 Å². The van der Waals surface area contributed by atoms with E-state index >= 15 is 0 Å². The van der Waals surface area contributed by atoms with Gasteiger partial charge in [0.25, 0.3) is 0 Å². The Morgan fingerprint density at radius 1 is 1.18 bits per heavy atom. The van der Waals surface area contributed by atoms with E-state index in [2.05, 4.69) is 52.5 Å². The van der Waals surface area contributed by atoms with Crippen LogP contribution in [-0.2, 0) is 13.0 Å². The molecule has 5 nitrogen and oxygen atoms in total. The third kappa shape index (κ3) is 6.36. The molecule has 3 rings (SSSR count). The molecule has 0 spiro atoms. The molecule has 1 aromatic heterocycles. The summed E-state index contributed by atoms with van der Waals surface area (Å²) in [5.74, 6) is 2.66. The quantitative estimate of drug-likeness (QED) is 0.378. The highest BCUT2D eigenvalue weighted by atomic mass is 127. The smallest absolute Gasteiger partial charge is 0.194 e. The van der Waals surface area contributed by atoms with Crippen molar-refractivity contribution in [2.75, 3.05) is 38.6 Å². The molecule has 0 aliphatic carbocycles. The van der Waals surface area contributed by atoms with Crippen LogP contribution in [-0.4, -0.2) is 49.6 Å². The van der Waals surface area contributed by atoms with Crippen molar-refractivity contribution >= 4 is 35.8 Å². The Bertz CT molecular complexity index is 748. The van der Waals surface area contributed by atoms with E-state index in [9.17, 15) is 0 Å². The first kappa shape index (κ1) is 22.5. The van der Waals surface area contributed by atoms with E-state index in [1.165, 1.54) is 12.0 Å². The van der Waals surface area contributed by atoms with Gasteiger partial charge in [0, 0.05) is 33.7 Å². The molecular formula is C22H32IN5. The summed E-state index contributed by atoms with van der Waals surface area (Å²) in [5, 5.41) is 3.45. The maximum Gasteiger partial charge on any atom is 0.194 e. The van der Waals surface area contributed by atoms with Gasteiger partial charge in [-0.1, -0.05) is 36.4 Å². The summed E-state index contributed by atoms with van der Waals surface area (Å²) in [5.41, 5.74) is 2.42. The first-order chi connectivity index (χ1) is 13.2. The summed E-state index contributed by atoms with van der Waals surface area (Å²) < 4.78 is 0. The molecule has 1 unspecified atom stereocenters. The number of halogens is 1. The van der Waals surface area contributed by atoms with Crippen LogP contribution in [0.15, 0.2) is 53.5 Å². The van der Waals surface area contributed by atoms with Crippen LogP contribution < -0.4 is 10.2 Å². The average Bonchev–Trinajstić information content (AvgIpc) is 3.14. The van der Waals surface area contributed by atoms with Gasteiger partial charge in [-0.2, -0.15) is 0 Å². The van der Waals surface area contributed by atoms with Crippen molar-refractivity contribution in [3.05, 3.63) is 59.8 Å². The molecule has 28 heavy (non-hydrogen) atoms. The van der Waals surface area contributed by atoms with E-state index in [0.717, 1.165) is 43.5 Å². The Morgan fingerprint density at radius 2 is 1.96 bits per heavy atom. The Kier molecular flexibility index (Phi) is 9.02. The first-order valence-electron chi connectivity index (χ1n) is 9.86. The second-order valence-corrected chi connectivity index (χ2v) is 7.34. The standard InChI is InChI=1S/C22H31N5.HI/c1-4-23-22(24-16-20-11-8-12-21(25-20)26(2)3)27-14-13-19(17-27)15-18-9-6-5-7-10-18;/h5-12,19H,4,13-17H2,1-3H3,(H,23,24);1H. The van der Waals surface area contributed by atoms with Crippen LogP contribution in [0.4, 0.5) is 5.82 Å². The molecule has 0 radical (unpaired) electrons. The molecule has 2 heterocycles. The number of likely N-dealkylation sites (tertiary alicyclic amines) is 1. The fourth-order valence-electron chi connectivity index (χ4n) is 3.52. The van der Waals surface area contributed by atoms with Gasteiger partial charge >= 0.3 is 0 Å². The molecule has 0 saturated carbocycles. The summed E-state index contributed by atoms with van der Waals surface area (Å²) in [6, 6.07) is 16.9. The molecular weight excluding hydrogens is 461 g/mol. The van der Waals surface area contributed by atoms with Gasteiger partial charge in [-0.3, -0.25) is 0 Å². The second kappa shape index (κ2) is 11.2. The van der Waals surface area contributed by atoms with Crippen LogP contribution in [0.5, 0.6) is 0 Å². The lowest BCUT2D eigenvalue weighted by Crippen LogP contribution is -2.40. The van der Waals surface area contributed by atoms with E-state index < -0.39 is 0 Å². The molecule has 1 atom stereocenters. The number of pyridine rings is 1. The highest BCUT2D eigenvalue weighted by molar-refractivity contribution is 14.0. The van der Waals surface area contributed by atoms with E-state index in [1.807, 2.05) is 37.2 Å². The maximum atomic E-state index is 4.86. The summed E-state index contributed by atoms with van der Waals surface area (Å²) >= 11 is 0. The van der Waals surface area contributed by atoms with E-state index in [1.54, 1.807) is 0 Å². The van der Waals surface area contributed by atoms with Crippen molar-refractivity contribution in [3.8, 4) is 0 Å². The fraction of sp³-hybridized carbons (Fsp3) is 0.455. The number of aromatic nitrogens is 1. The molecule has 1 aliphatic heterocycles. The maximum absolute atomic E-state index is 4.86. The number of hydrogen-bond acceptors (Lipinski definition) is 3. The zero-order valence-electron chi connectivity index (χ0n) is 17.1. The molecule has 1 N–H and O–H groups in total. The number of benzene rings is 1. The van der Waals surface area contributed by atoms with E-state index in [4.69, 9.17) is 4.99 Å². The monoisotopic (exact) mass is 493 g/mol. The molecule has 1 aromatic carbocycles. The van der Waals surface area contributed by atoms with Gasteiger partial charge in [0.05, 0.1) is 12.2 Å². The van der Waals surface area contributed by atoms with Gasteiger partial charge in [0.1, 0.15) is 5.82 Å². The molecule has 1 saturated heterocycles. The van der Waals surface area contributed by atoms with Crippen molar-refractivity contribution in [2.45, 2.75) is 26.3 Å². The highest BCUT2D eigenvalue weighted by Gasteiger charge is 2.24. The minimum atomic E-state index is 0. The van der Waals surface area contributed by atoms with Crippen LogP contribution in [0.2, 0.25) is 0 Å². The number of aliphatic imine (C=N–C) groups is 1. The SMILES string of the molecule is CCNC(=NCc1cccc(N(C)C)n1)N1CCC(Cc2ccccc2)C1.I. The van der Waals surface area contributed by atoms with Gasteiger partial charge < -0.3 is 15.1 Å². The number of guanidine groups is 1. The molecule has 0 bridgehead atoms. The van der Waals surface area contributed by atoms with Gasteiger partial charge in [0.15, 0.2) is 5.96 Å². The Hall–Kier alpha value is -1.83. The Morgan fingerprint density at radius 3 is 2.68 bits per heavy atom. The van der Waals surface area contributed by atoms with Crippen LogP contribution in [0.1, 0.15) is 24.6 Å². The van der Waals surface area contributed by atoms with Crippen LogP contribution in [0.3, 0.4) is 0 Å².